The zero-order valence-electron chi connectivity index (χ0n) is 16.0. The van der Waals surface area contributed by atoms with Crippen molar-refractivity contribution in [3.05, 3.63) is 54.2 Å². The van der Waals surface area contributed by atoms with E-state index in [0.717, 1.165) is 38.5 Å². The minimum atomic E-state index is -0.0574. The van der Waals surface area contributed by atoms with Crippen LogP contribution in [0.15, 0.2) is 48.7 Å². The Kier molecular flexibility index (Phi) is 4.43. The Labute approximate surface area is 165 Å². The van der Waals surface area contributed by atoms with Crippen LogP contribution in [0.2, 0.25) is 0 Å². The first-order valence-corrected chi connectivity index (χ1v) is 10.2. The topological polar surface area (TPSA) is 57.7 Å². The van der Waals surface area contributed by atoms with Gasteiger partial charge >= 0.3 is 6.03 Å². The Morgan fingerprint density at radius 3 is 2.54 bits per heavy atom. The molecule has 2 aromatic rings. The number of benzene rings is 1. The summed E-state index contributed by atoms with van der Waals surface area (Å²) in [6.45, 7) is 4.08. The van der Waals surface area contributed by atoms with Gasteiger partial charge in [0.1, 0.15) is 5.82 Å². The molecule has 5 rings (SSSR count). The van der Waals surface area contributed by atoms with Gasteiger partial charge in [-0.3, -0.25) is 5.32 Å². The fraction of sp³-hybridized carbons (Fsp3) is 0.455. The molecule has 2 aliphatic heterocycles. The Bertz CT molecular complexity index is 829. The number of nitrogens with zero attached hydrogens (tertiary/aromatic N) is 3. The number of likely N-dealkylation sites (tertiary alicyclic amines) is 1. The third kappa shape index (κ3) is 3.02. The second-order valence-corrected chi connectivity index (χ2v) is 8.09. The summed E-state index contributed by atoms with van der Waals surface area (Å²) in [4.78, 5) is 21.6. The maximum absolute atomic E-state index is 12.9. The van der Waals surface area contributed by atoms with E-state index in [1.807, 2.05) is 29.3 Å². The fourth-order valence-corrected chi connectivity index (χ4v) is 4.81. The van der Waals surface area contributed by atoms with Crippen LogP contribution in [0.1, 0.15) is 30.9 Å². The lowest BCUT2D eigenvalue weighted by Crippen LogP contribution is -2.64. The number of carbonyl (C=O) groups excluding carboxylic acids is 1. The molecule has 1 saturated carbocycles. The highest BCUT2D eigenvalue weighted by atomic mass is 16.5. The van der Waals surface area contributed by atoms with Crippen molar-refractivity contribution in [3.63, 3.8) is 0 Å². The highest BCUT2D eigenvalue weighted by Crippen LogP contribution is 2.60. The van der Waals surface area contributed by atoms with Crippen LogP contribution in [-0.4, -0.2) is 48.8 Å². The van der Waals surface area contributed by atoms with Crippen LogP contribution in [0.4, 0.5) is 16.3 Å². The van der Waals surface area contributed by atoms with Crippen LogP contribution in [0, 0.1) is 5.41 Å². The SMILES string of the molecule is O=C(Nc1ccc(N2CCOCC2)cn1)N1CC2(CCC2)C1c1ccccc1. The molecular weight excluding hydrogens is 352 g/mol. The number of urea groups is 1. The maximum atomic E-state index is 12.9. The molecule has 146 valence electrons. The third-order valence-electron chi connectivity index (χ3n) is 6.46. The Balaban J connectivity index is 1.27. The number of carbonyl (C=O) groups is 1. The number of hydrogen-bond acceptors (Lipinski definition) is 4. The quantitative estimate of drug-likeness (QED) is 0.885. The zero-order valence-corrected chi connectivity index (χ0v) is 16.0. The number of rotatable bonds is 3. The first kappa shape index (κ1) is 17.5. The molecular formula is C22H26N4O2. The molecule has 3 aliphatic rings. The van der Waals surface area contributed by atoms with Crippen molar-refractivity contribution in [2.24, 2.45) is 5.41 Å². The molecule has 1 aromatic heterocycles. The van der Waals surface area contributed by atoms with Gasteiger partial charge in [-0.25, -0.2) is 9.78 Å². The average molecular weight is 378 g/mol. The Morgan fingerprint density at radius 1 is 1.11 bits per heavy atom. The lowest BCUT2D eigenvalue weighted by Gasteiger charge is -2.62. The van der Waals surface area contributed by atoms with Gasteiger partial charge in [-0.2, -0.15) is 0 Å². The van der Waals surface area contributed by atoms with E-state index in [4.69, 9.17) is 4.74 Å². The monoisotopic (exact) mass is 378 g/mol. The van der Waals surface area contributed by atoms with Gasteiger partial charge in [-0.05, 0) is 30.5 Å². The number of hydrogen-bond donors (Lipinski definition) is 1. The average Bonchev–Trinajstić information content (AvgIpc) is 2.68. The van der Waals surface area contributed by atoms with Crippen molar-refractivity contribution < 1.29 is 9.53 Å². The van der Waals surface area contributed by atoms with Crippen molar-refractivity contribution in [1.82, 2.24) is 9.88 Å². The maximum Gasteiger partial charge on any atom is 0.323 e. The largest absolute Gasteiger partial charge is 0.378 e. The molecule has 1 aromatic carbocycles. The molecule has 1 unspecified atom stereocenters. The summed E-state index contributed by atoms with van der Waals surface area (Å²) in [6.07, 6.45) is 5.52. The fourth-order valence-electron chi connectivity index (χ4n) is 4.81. The van der Waals surface area contributed by atoms with Crippen LogP contribution >= 0.6 is 0 Å². The minimum Gasteiger partial charge on any atom is -0.378 e. The van der Waals surface area contributed by atoms with Gasteiger partial charge in [0.25, 0.3) is 0 Å². The summed E-state index contributed by atoms with van der Waals surface area (Å²) in [5, 5.41) is 2.99. The molecule has 0 bridgehead atoms. The van der Waals surface area contributed by atoms with Crippen LogP contribution in [0.3, 0.4) is 0 Å². The number of ether oxygens (including phenoxy) is 1. The molecule has 1 spiro atoms. The van der Waals surface area contributed by atoms with Gasteiger partial charge in [0.15, 0.2) is 0 Å². The van der Waals surface area contributed by atoms with Crippen LogP contribution in [-0.2, 0) is 4.74 Å². The number of aromatic nitrogens is 1. The highest BCUT2D eigenvalue weighted by molar-refractivity contribution is 5.89. The Morgan fingerprint density at radius 2 is 1.89 bits per heavy atom. The van der Waals surface area contributed by atoms with E-state index in [9.17, 15) is 4.79 Å². The summed E-state index contributed by atoms with van der Waals surface area (Å²) in [5.74, 6) is 0.600. The first-order valence-electron chi connectivity index (χ1n) is 10.2. The van der Waals surface area contributed by atoms with E-state index < -0.39 is 0 Å². The van der Waals surface area contributed by atoms with Gasteiger partial charge in [0.2, 0.25) is 0 Å². The number of amides is 2. The summed E-state index contributed by atoms with van der Waals surface area (Å²) < 4.78 is 5.40. The van der Waals surface area contributed by atoms with Crippen molar-refractivity contribution in [3.8, 4) is 0 Å². The molecule has 6 heteroatoms. The molecule has 1 aliphatic carbocycles. The standard InChI is InChI=1S/C22H26N4O2/c27-21(24-19-8-7-18(15-23-19)25-11-13-28-14-12-25)26-16-22(9-4-10-22)20(26)17-5-2-1-3-6-17/h1-3,5-8,15,20H,4,9-14,16H2,(H,23,24,27). The smallest absolute Gasteiger partial charge is 0.323 e. The van der Waals surface area contributed by atoms with Crippen molar-refractivity contribution in [2.75, 3.05) is 43.1 Å². The summed E-state index contributed by atoms with van der Waals surface area (Å²) in [7, 11) is 0. The number of anilines is 2. The van der Waals surface area contributed by atoms with E-state index in [1.165, 1.54) is 24.8 Å². The molecule has 28 heavy (non-hydrogen) atoms. The molecule has 1 atom stereocenters. The van der Waals surface area contributed by atoms with Crippen LogP contribution < -0.4 is 10.2 Å². The first-order chi connectivity index (χ1) is 13.8. The molecule has 3 fully saturated rings. The van der Waals surface area contributed by atoms with E-state index in [1.54, 1.807) is 0 Å². The highest BCUT2D eigenvalue weighted by Gasteiger charge is 2.57. The molecule has 2 saturated heterocycles. The lowest BCUT2D eigenvalue weighted by molar-refractivity contribution is -0.0970. The molecule has 0 radical (unpaired) electrons. The van der Waals surface area contributed by atoms with E-state index >= 15 is 0 Å². The number of pyridine rings is 1. The van der Waals surface area contributed by atoms with Gasteiger partial charge in [-0.15, -0.1) is 0 Å². The van der Waals surface area contributed by atoms with Crippen molar-refractivity contribution in [1.29, 1.82) is 0 Å². The molecule has 1 N–H and O–H groups in total. The van der Waals surface area contributed by atoms with Crippen LogP contribution in [0.5, 0.6) is 0 Å². The molecule has 2 amide bonds. The van der Waals surface area contributed by atoms with Gasteiger partial charge in [0.05, 0.1) is 31.1 Å². The van der Waals surface area contributed by atoms with Crippen molar-refractivity contribution >= 4 is 17.5 Å². The molecule has 3 heterocycles. The summed E-state index contributed by atoms with van der Waals surface area (Å²) >= 11 is 0. The third-order valence-corrected chi connectivity index (χ3v) is 6.46. The van der Waals surface area contributed by atoms with E-state index in [0.29, 0.717) is 5.82 Å². The van der Waals surface area contributed by atoms with E-state index in [-0.39, 0.29) is 17.5 Å². The molecule has 6 nitrogen and oxygen atoms in total. The van der Waals surface area contributed by atoms with Gasteiger partial charge in [0, 0.05) is 25.0 Å². The Hall–Kier alpha value is -2.60. The summed E-state index contributed by atoms with van der Waals surface area (Å²) in [5.41, 5.74) is 2.59. The van der Waals surface area contributed by atoms with E-state index in [2.05, 4.69) is 39.5 Å². The second-order valence-electron chi connectivity index (χ2n) is 8.09. The number of nitrogens with one attached hydrogen (secondary N) is 1. The van der Waals surface area contributed by atoms with Gasteiger partial charge < -0.3 is 14.5 Å². The van der Waals surface area contributed by atoms with Gasteiger partial charge in [-0.1, -0.05) is 36.8 Å². The lowest BCUT2D eigenvalue weighted by atomic mass is 9.56. The normalized spacial score (nSPS) is 23.1. The van der Waals surface area contributed by atoms with Crippen LogP contribution in [0.25, 0.3) is 0 Å². The second kappa shape index (κ2) is 7.09. The minimum absolute atomic E-state index is 0.0574. The predicted octanol–water partition coefficient (Wildman–Crippen LogP) is 3.68. The zero-order chi connectivity index (χ0) is 19.0. The van der Waals surface area contributed by atoms with Crippen molar-refractivity contribution in [2.45, 2.75) is 25.3 Å². The number of morpholine rings is 1. The summed E-state index contributed by atoms with van der Waals surface area (Å²) in [6, 6.07) is 14.4. The predicted molar refractivity (Wildman–Crippen MR) is 108 cm³/mol.